The van der Waals surface area contributed by atoms with Crippen LogP contribution in [0.5, 0.6) is 5.75 Å². The summed E-state index contributed by atoms with van der Waals surface area (Å²) in [5.41, 5.74) is 1.29. The van der Waals surface area contributed by atoms with Crippen LogP contribution in [-0.4, -0.2) is 18.3 Å². The second kappa shape index (κ2) is 5.35. The van der Waals surface area contributed by atoms with E-state index in [1.165, 1.54) is 18.4 Å². The number of ether oxygens (including phenoxy) is 1. The highest BCUT2D eigenvalue weighted by Crippen LogP contribution is 2.34. The third-order valence-electron chi connectivity index (χ3n) is 3.27. The fraction of sp³-hybridized carbons (Fsp3) is 0.571. The zero-order chi connectivity index (χ0) is 11.4. The van der Waals surface area contributed by atoms with E-state index < -0.39 is 0 Å². The van der Waals surface area contributed by atoms with Gasteiger partial charge in [0.05, 0.1) is 13.2 Å². The maximum atomic E-state index is 9.74. The second-order valence-corrected chi connectivity index (χ2v) is 4.65. The number of aryl methyl sites for hydroxylation is 1. The number of hydrogen-bond donors (Lipinski definition) is 1. The largest absolute Gasteiger partial charge is 0.497 e. The number of hydrogen-bond acceptors (Lipinski definition) is 2. The van der Waals surface area contributed by atoms with E-state index in [4.69, 9.17) is 4.74 Å². The van der Waals surface area contributed by atoms with Crippen LogP contribution in [0.1, 0.15) is 31.2 Å². The van der Waals surface area contributed by atoms with Gasteiger partial charge in [-0.05, 0) is 55.7 Å². The molecule has 0 aliphatic heterocycles. The van der Waals surface area contributed by atoms with Crippen molar-refractivity contribution < 1.29 is 9.84 Å². The van der Waals surface area contributed by atoms with Crippen molar-refractivity contribution in [2.45, 2.75) is 38.2 Å². The van der Waals surface area contributed by atoms with E-state index in [0.717, 1.165) is 25.0 Å². The Morgan fingerprint density at radius 2 is 2.25 bits per heavy atom. The van der Waals surface area contributed by atoms with E-state index in [9.17, 15) is 5.11 Å². The molecule has 1 aromatic carbocycles. The van der Waals surface area contributed by atoms with Crippen molar-refractivity contribution in [1.82, 2.24) is 0 Å². The predicted octanol–water partition coefficient (Wildman–Crippen LogP) is 2.79. The molecule has 1 unspecified atom stereocenters. The summed E-state index contributed by atoms with van der Waals surface area (Å²) >= 11 is 0. The fourth-order valence-corrected chi connectivity index (χ4v) is 2.06. The van der Waals surface area contributed by atoms with Crippen molar-refractivity contribution in [3.05, 3.63) is 29.8 Å². The number of methoxy groups -OCH3 is 1. The Kier molecular flexibility index (Phi) is 3.83. The van der Waals surface area contributed by atoms with E-state index in [2.05, 4.69) is 12.1 Å². The lowest BCUT2D eigenvalue weighted by atomic mass is 10.0. The van der Waals surface area contributed by atoms with Crippen LogP contribution in [0.15, 0.2) is 24.3 Å². The van der Waals surface area contributed by atoms with Gasteiger partial charge in [0.1, 0.15) is 5.75 Å². The first kappa shape index (κ1) is 11.5. The highest BCUT2D eigenvalue weighted by atomic mass is 16.5. The molecule has 16 heavy (non-hydrogen) atoms. The van der Waals surface area contributed by atoms with Gasteiger partial charge in [-0.3, -0.25) is 0 Å². The van der Waals surface area contributed by atoms with Gasteiger partial charge >= 0.3 is 0 Å². The van der Waals surface area contributed by atoms with Gasteiger partial charge in [-0.2, -0.15) is 0 Å². The quantitative estimate of drug-likeness (QED) is 0.798. The van der Waals surface area contributed by atoms with E-state index in [-0.39, 0.29) is 6.10 Å². The second-order valence-electron chi connectivity index (χ2n) is 4.65. The minimum Gasteiger partial charge on any atom is -0.497 e. The Hall–Kier alpha value is -1.02. The van der Waals surface area contributed by atoms with Crippen molar-refractivity contribution in [2.24, 2.45) is 5.92 Å². The first-order valence-electron chi connectivity index (χ1n) is 6.10. The zero-order valence-corrected chi connectivity index (χ0v) is 9.86. The average Bonchev–Trinajstić information content (AvgIpc) is 3.13. The number of benzene rings is 1. The molecule has 2 nitrogen and oxygen atoms in total. The minimum absolute atomic E-state index is 0.0643. The van der Waals surface area contributed by atoms with E-state index >= 15 is 0 Å². The smallest absolute Gasteiger partial charge is 0.119 e. The van der Waals surface area contributed by atoms with Gasteiger partial charge in [0.25, 0.3) is 0 Å². The molecule has 0 heterocycles. The summed E-state index contributed by atoms with van der Waals surface area (Å²) in [4.78, 5) is 0. The van der Waals surface area contributed by atoms with Gasteiger partial charge in [0, 0.05) is 0 Å². The third kappa shape index (κ3) is 3.24. The SMILES string of the molecule is COc1cccc(CCCC(O)C2CC2)c1. The molecule has 1 aliphatic carbocycles. The van der Waals surface area contributed by atoms with Gasteiger partial charge in [0.2, 0.25) is 0 Å². The van der Waals surface area contributed by atoms with Crippen molar-refractivity contribution in [1.29, 1.82) is 0 Å². The first-order chi connectivity index (χ1) is 7.79. The lowest BCUT2D eigenvalue weighted by Crippen LogP contribution is -2.08. The standard InChI is InChI=1S/C14H20O2/c1-16-13-6-2-4-11(10-13)5-3-7-14(15)12-8-9-12/h2,4,6,10,12,14-15H,3,5,7-9H2,1H3. The summed E-state index contributed by atoms with van der Waals surface area (Å²) in [7, 11) is 1.69. The van der Waals surface area contributed by atoms with E-state index in [1.807, 2.05) is 12.1 Å². The van der Waals surface area contributed by atoms with E-state index in [0.29, 0.717) is 5.92 Å². The van der Waals surface area contributed by atoms with Crippen molar-refractivity contribution in [3.8, 4) is 5.75 Å². The fourth-order valence-electron chi connectivity index (χ4n) is 2.06. The molecule has 0 amide bonds. The maximum Gasteiger partial charge on any atom is 0.119 e. The van der Waals surface area contributed by atoms with Gasteiger partial charge < -0.3 is 9.84 Å². The summed E-state index contributed by atoms with van der Waals surface area (Å²) < 4.78 is 5.18. The predicted molar refractivity (Wildman–Crippen MR) is 64.7 cm³/mol. The Balaban J connectivity index is 1.75. The molecule has 1 saturated carbocycles. The Morgan fingerprint density at radius 1 is 1.44 bits per heavy atom. The third-order valence-corrected chi connectivity index (χ3v) is 3.27. The zero-order valence-electron chi connectivity index (χ0n) is 9.86. The van der Waals surface area contributed by atoms with Crippen LogP contribution in [0, 0.1) is 5.92 Å². The highest BCUT2D eigenvalue weighted by molar-refractivity contribution is 5.28. The van der Waals surface area contributed by atoms with Gasteiger partial charge in [-0.25, -0.2) is 0 Å². The molecule has 0 bridgehead atoms. The van der Waals surface area contributed by atoms with Crippen LogP contribution in [-0.2, 0) is 6.42 Å². The van der Waals surface area contributed by atoms with Crippen molar-refractivity contribution in [3.63, 3.8) is 0 Å². The van der Waals surface area contributed by atoms with Crippen LogP contribution in [0.3, 0.4) is 0 Å². The van der Waals surface area contributed by atoms with Gasteiger partial charge in [-0.15, -0.1) is 0 Å². The molecular formula is C14H20O2. The molecule has 1 aliphatic rings. The molecule has 1 fully saturated rings. The van der Waals surface area contributed by atoms with Crippen molar-refractivity contribution in [2.75, 3.05) is 7.11 Å². The summed E-state index contributed by atoms with van der Waals surface area (Å²) in [5.74, 6) is 1.52. The van der Waals surface area contributed by atoms with Crippen LogP contribution in [0.2, 0.25) is 0 Å². The maximum absolute atomic E-state index is 9.74. The Bertz CT molecular complexity index is 331. The van der Waals surface area contributed by atoms with Crippen LogP contribution < -0.4 is 4.74 Å². The number of aliphatic hydroxyl groups is 1. The van der Waals surface area contributed by atoms with Crippen molar-refractivity contribution >= 4 is 0 Å². The summed E-state index contributed by atoms with van der Waals surface area (Å²) in [6.45, 7) is 0. The topological polar surface area (TPSA) is 29.5 Å². The van der Waals surface area contributed by atoms with Crippen LogP contribution >= 0.6 is 0 Å². The Morgan fingerprint density at radius 3 is 2.94 bits per heavy atom. The van der Waals surface area contributed by atoms with Crippen LogP contribution in [0.4, 0.5) is 0 Å². The minimum atomic E-state index is -0.0643. The number of aliphatic hydroxyl groups excluding tert-OH is 1. The van der Waals surface area contributed by atoms with Crippen LogP contribution in [0.25, 0.3) is 0 Å². The monoisotopic (exact) mass is 220 g/mol. The lowest BCUT2D eigenvalue weighted by Gasteiger charge is -2.09. The van der Waals surface area contributed by atoms with E-state index in [1.54, 1.807) is 7.11 Å². The molecule has 88 valence electrons. The molecule has 1 N–H and O–H groups in total. The first-order valence-corrected chi connectivity index (χ1v) is 6.10. The van der Waals surface area contributed by atoms with Gasteiger partial charge in [-0.1, -0.05) is 12.1 Å². The lowest BCUT2D eigenvalue weighted by molar-refractivity contribution is 0.139. The molecule has 0 aromatic heterocycles. The van der Waals surface area contributed by atoms with Gasteiger partial charge in [0.15, 0.2) is 0 Å². The molecule has 0 saturated heterocycles. The molecule has 1 atom stereocenters. The summed E-state index contributed by atoms with van der Waals surface area (Å²) in [5, 5.41) is 9.74. The average molecular weight is 220 g/mol. The number of rotatable bonds is 6. The molecule has 0 spiro atoms. The summed E-state index contributed by atoms with van der Waals surface area (Å²) in [6, 6.07) is 8.17. The normalized spacial score (nSPS) is 17.1. The Labute approximate surface area is 97.3 Å². The molecule has 1 aromatic rings. The molecule has 2 rings (SSSR count). The molecule has 0 radical (unpaired) electrons. The molecular weight excluding hydrogens is 200 g/mol. The summed E-state index contributed by atoms with van der Waals surface area (Å²) in [6.07, 6.45) is 5.40. The molecule has 2 heteroatoms. The highest BCUT2D eigenvalue weighted by Gasteiger charge is 2.28.